The van der Waals surface area contributed by atoms with Gasteiger partial charge in [-0.05, 0) is 16.7 Å². The van der Waals surface area contributed by atoms with E-state index in [1.807, 2.05) is 59.3 Å². The summed E-state index contributed by atoms with van der Waals surface area (Å²) in [6, 6.07) is 30.8. The fourth-order valence-electron chi connectivity index (χ4n) is 3.09. The van der Waals surface area contributed by atoms with Gasteiger partial charge < -0.3 is 4.74 Å². The first-order chi connectivity index (χ1) is 17.8. The predicted molar refractivity (Wildman–Crippen MR) is 145 cm³/mol. The molecule has 2 heterocycles. The molecule has 184 valence electrons. The topological polar surface area (TPSA) is 81.5 Å². The van der Waals surface area contributed by atoms with Crippen LogP contribution in [0.3, 0.4) is 0 Å². The summed E-state index contributed by atoms with van der Waals surface area (Å²) in [7, 11) is 0. The highest BCUT2D eigenvalue weighted by Gasteiger charge is 2.03. The van der Waals surface area contributed by atoms with Gasteiger partial charge in [0, 0.05) is 11.5 Å². The average Bonchev–Trinajstić information content (AvgIpc) is 3.63. The van der Waals surface area contributed by atoms with Crippen LogP contribution in [0.4, 0.5) is 0 Å². The molecule has 0 atom stereocenters. The Morgan fingerprint density at radius 2 is 1.33 bits per heavy atom. The van der Waals surface area contributed by atoms with Crippen molar-refractivity contribution in [1.82, 2.24) is 29.9 Å². The zero-order valence-corrected chi connectivity index (χ0v) is 21.4. The van der Waals surface area contributed by atoms with E-state index in [-0.39, 0.29) is 0 Å². The Balaban J connectivity index is 0.000000197. The molecule has 0 fully saturated rings. The fourth-order valence-corrected chi connectivity index (χ4v) is 4.59. The highest BCUT2D eigenvalue weighted by atomic mass is 32.2. The molecular weight excluding hydrogens is 488 g/mol. The smallest absolute Gasteiger partial charge is 0.208 e. The average molecular weight is 517 g/mol. The lowest BCUT2D eigenvalue weighted by Gasteiger charge is -2.04. The highest BCUT2D eigenvalue weighted by molar-refractivity contribution is 7.98. The van der Waals surface area contributed by atoms with E-state index >= 15 is 0 Å². The molecule has 0 saturated heterocycles. The second-order valence-corrected chi connectivity index (χ2v) is 9.57. The van der Waals surface area contributed by atoms with Crippen LogP contribution >= 0.6 is 23.5 Å². The zero-order chi connectivity index (χ0) is 24.7. The van der Waals surface area contributed by atoms with Gasteiger partial charge >= 0.3 is 0 Å². The molecule has 5 aromatic rings. The van der Waals surface area contributed by atoms with Crippen molar-refractivity contribution in [2.45, 2.75) is 35.0 Å². The molecule has 0 bridgehead atoms. The quantitative estimate of drug-likeness (QED) is 0.173. The van der Waals surface area contributed by atoms with Crippen molar-refractivity contribution >= 4 is 23.5 Å². The number of H-pyrrole nitrogens is 1. The van der Waals surface area contributed by atoms with E-state index < -0.39 is 0 Å². The number of hydrogen-bond acceptors (Lipinski definition) is 7. The minimum absolute atomic E-state index is 0.626. The summed E-state index contributed by atoms with van der Waals surface area (Å²) in [5, 5.41) is 12.7. The molecular formula is C27H28N6OS2. The third-order valence-electron chi connectivity index (χ3n) is 4.91. The van der Waals surface area contributed by atoms with Crippen molar-refractivity contribution in [2.24, 2.45) is 0 Å². The summed E-state index contributed by atoms with van der Waals surface area (Å²) in [6.07, 6.45) is 3.28. The molecule has 0 aliphatic rings. The maximum Gasteiger partial charge on any atom is 0.208 e. The van der Waals surface area contributed by atoms with Gasteiger partial charge in [0.05, 0.1) is 19.8 Å². The van der Waals surface area contributed by atoms with E-state index in [1.54, 1.807) is 29.9 Å². The number of nitrogens with zero attached hydrogens (tertiary/aromatic N) is 5. The molecule has 3 aromatic carbocycles. The molecule has 1 N–H and O–H groups in total. The van der Waals surface area contributed by atoms with Crippen LogP contribution in [-0.2, 0) is 29.4 Å². The van der Waals surface area contributed by atoms with Crippen LogP contribution in [0.5, 0.6) is 0 Å². The Morgan fingerprint density at radius 3 is 1.94 bits per heavy atom. The lowest BCUT2D eigenvalue weighted by molar-refractivity contribution is 0.110. The van der Waals surface area contributed by atoms with Crippen LogP contribution in [0.15, 0.2) is 114 Å². The van der Waals surface area contributed by atoms with Crippen molar-refractivity contribution in [3.05, 3.63) is 120 Å². The molecule has 0 aliphatic heterocycles. The van der Waals surface area contributed by atoms with Crippen molar-refractivity contribution in [3.8, 4) is 0 Å². The summed E-state index contributed by atoms with van der Waals surface area (Å²) in [6.45, 7) is 1.97. The van der Waals surface area contributed by atoms with Crippen LogP contribution in [0.1, 0.15) is 16.7 Å². The first kappa shape index (κ1) is 25.7. The second kappa shape index (κ2) is 14.9. The lowest BCUT2D eigenvalue weighted by atomic mass is 10.2. The van der Waals surface area contributed by atoms with Crippen LogP contribution in [0.2, 0.25) is 0 Å². The zero-order valence-electron chi connectivity index (χ0n) is 19.8. The third kappa shape index (κ3) is 9.33. The first-order valence-electron chi connectivity index (χ1n) is 11.5. The molecule has 36 heavy (non-hydrogen) atoms. The molecule has 9 heteroatoms. The van der Waals surface area contributed by atoms with E-state index in [0.29, 0.717) is 19.8 Å². The van der Waals surface area contributed by atoms with E-state index in [1.165, 1.54) is 23.0 Å². The fraction of sp³-hybridized carbons (Fsp3) is 0.185. The Morgan fingerprint density at radius 1 is 0.722 bits per heavy atom. The number of aromatic amines is 1. The number of benzene rings is 3. The lowest BCUT2D eigenvalue weighted by Crippen LogP contribution is -2.06. The van der Waals surface area contributed by atoms with Gasteiger partial charge in [0.1, 0.15) is 12.7 Å². The number of hydrogen-bond donors (Lipinski definition) is 1. The third-order valence-corrected chi connectivity index (χ3v) is 6.78. The number of aromatic nitrogens is 6. The summed E-state index contributed by atoms with van der Waals surface area (Å²) < 4.78 is 7.50. The van der Waals surface area contributed by atoms with E-state index in [2.05, 4.69) is 61.7 Å². The molecule has 5 rings (SSSR count). The van der Waals surface area contributed by atoms with Gasteiger partial charge in [0.15, 0.2) is 5.16 Å². The largest absolute Gasteiger partial charge is 0.375 e. The maximum atomic E-state index is 5.67. The van der Waals surface area contributed by atoms with Gasteiger partial charge in [0.2, 0.25) is 5.16 Å². The van der Waals surface area contributed by atoms with Gasteiger partial charge in [-0.3, -0.25) is 5.10 Å². The van der Waals surface area contributed by atoms with E-state index in [9.17, 15) is 0 Å². The van der Waals surface area contributed by atoms with Crippen LogP contribution in [0.25, 0.3) is 0 Å². The molecule has 0 aliphatic carbocycles. The Kier molecular flexibility index (Phi) is 10.6. The molecule has 0 amide bonds. The summed E-state index contributed by atoms with van der Waals surface area (Å²) >= 11 is 3.30. The van der Waals surface area contributed by atoms with Gasteiger partial charge in [-0.2, -0.15) is 5.10 Å². The summed E-state index contributed by atoms with van der Waals surface area (Å²) in [5.74, 6) is 1.81. The number of thioether (sulfide) groups is 2. The van der Waals surface area contributed by atoms with E-state index in [4.69, 9.17) is 4.74 Å². The number of nitrogens with one attached hydrogen (secondary N) is 1. The normalized spacial score (nSPS) is 10.6. The molecule has 7 nitrogen and oxygen atoms in total. The first-order valence-corrected chi connectivity index (χ1v) is 13.5. The standard InChI is InChI=1S/C18H19N3OS.C9H9N3S/c1-3-7-16(8-4-1)13-22-12-11-21-15-19-18(20-21)23-14-17-9-5-2-6-10-17;1-2-4-8(5-3-1)6-13-9-10-7-11-12-9/h1-10,15H,11-14H2;1-5,7H,6H2,(H,10,11,12). The Hall–Kier alpha value is -3.40. The van der Waals surface area contributed by atoms with E-state index in [0.717, 1.165) is 21.8 Å². The second-order valence-electron chi connectivity index (χ2n) is 7.67. The monoisotopic (exact) mass is 516 g/mol. The van der Waals surface area contributed by atoms with Gasteiger partial charge in [0.25, 0.3) is 0 Å². The van der Waals surface area contributed by atoms with Crippen molar-refractivity contribution < 1.29 is 4.74 Å². The maximum absolute atomic E-state index is 5.67. The van der Waals surface area contributed by atoms with Crippen LogP contribution in [-0.4, -0.2) is 36.6 Å². The molecule has 0 unspecified atom stereocenters. The van der Waals surface area contributed by atoms with Crippen LogP contribution < -0.4 is 0 Å². The Labute approximate surface area is 219 Å². The van der Waals surface area contributed by atoms with Crippen molar-refractivity contribution in [1.29, 1.82) is 0 Å². The molecule has 0 spiro atoms. The predicted octanol–water partition coefficient (Wildman–Crippen LogP) is 5.88. The van der Waals surface area contributed by atoms with Gasteiger partial charge in [-0.25, -0.2) is 14.6 Å². The minimum atomic E-state index is 0.626. The van der Waals surface area contributed by atoms with Crippen LogP contribution in [0, 0.1) is 0 Å². The molecule has 0 saturated carbocycles. The SMILES string of the molecule is c1ccc(COCCn2cnc(SCc3ccccc3)n2)cc1.c1ccc(CSc2ncn[nH]2)cc1. The minimum Gasteiger partial charge on any atom is -0.375 e. The highest BCUT2D eigenvalue weighted by Crippen LogP contribution is 2.18. The van der Waals surface area contributed by atoms with Crippen molar-refractivity contribution in [2.75, 3.05) is 6.61 Å². The number of rotatable bonds is 11. The number of ether oxygens (including phenoxy) is 1. The van der Waals surface area contributed by atoms with Gasteiger partial charge in [-0.1, -0.05) is 115 Å². The summed E-state index contributed by atoms with van der Waals surface area (Å²) in [5.41, 5.74) is 3.76. The Bertz CT molecular complexity index is 1240. The van der Waals surface area contributed by atoms with Crippen molar-refractivity contribution in [3.63, 3.8) is 0 Å². The summed E-state index contributed by atoms with van der Waals surface area (Å²) in [4.78, 5) is 8.36. The van der Waals surface area contributed by atoms with Gasteiger partial charge in [-0.15, -0.1) is 5.10 Å². The molecule has 2 aromatic heterocycles. The molecule has 0 radical (unpaired) electrons.